The first-order chi connectivity index (χ1) is 3.06. The van der Waals surface area contributed by atoms with Crippen LogP contribution in [0.25, 0.3) is 0 Å². The number of nitrogens with two attached hydrogens (primary N) is 2. The first kappa shape index (κ1) is 22.4. The van der Waals surface area contributed by atoms with E-state index in [2.05, 4.69) is 5.43 Å². The summed E-state index contributed by atoms with van der Waals surface area (Å²) in [6, 6.07) is 0. The third-order valence-electron chi connectivity index (χ3n) is 0.558. The molecule has 5 N–H and O–H groups in total. The van der Waals surface area contributed by atoms with Crippen LogP contribution in [0.2, 0.25) is 0 Å². The lowest BCUT2D eigenvalue weighted by Gasteiger charge is -2.16. The molecule has 0 aliphatic heterocycles. The van der Waals surface area contributed by atoms with Crippen molar-refractivity contribution in [2.45, 2.75) is 19.4 Å². The van der Waals surface area contributed by atoms with Gasteiger partial charge < -0.3 is 5.73 Å². The van der Waals surface area contributed by atoms with E-state index in [9.17, 15) is 0 Å². The Kier molecular flexibility index (Phi) is 21.9. The van der Waals surface area contributed by atoms with Crippen LogP contribution in [0.3, 0.4) is 0 Å². The summed E-state index contributed by atoms with van der Waals surface area (Å²) in [6.07, 6.45) is 0. The van der Waals surface area contributed by atoms with Gasteiger partial charge >= 0.3 is 0 Å². The molecule has 0 rings (SSSR count). The lowest BCUT2D eigenvalue weighted by molar-refractivity contribution is 0.475. The van der Waals surface area contributed by atoms with E-state index in [1.807, 2.05) is 13.8 Å². The normalized spacial score (nSPS) is 8.40. The van der Waals surface area contributed by atoms with Crippen molar-refractivity contribution in [1.82, 2.24) is 5.43 Å². The summed E-state index contributed by atoms with van der Waals surface area (Å²) >= 11 is 0. The van der Waals surface area contributed by atoms with Gasteiger partial charge in [0.15, 0.2) is 0 Å². The fraction of sp³-hybridized carbons (Fsp3) is 1.00. The quantitative estimate of drug-likeness (QED) is 0.460. The van der Waals surface area contributed by atoms with Gasteiger partial charge in [0.05, 0.1) is 0 Å². The summed E-state index contributed by atoms with van der Waals surface area (Å²) in [5, 5.41) is 0. The lowest BCUT2D eigenvalue weighted by atomic mass is 10.1. The molecule has 0 aromatic heterocycles. The SMILES string of the molecule is CC(C)(N)CNN.Cl.Cl.Cl. The van der Waals surface area contributed by atoms with E-state index in [-0.39, 0.29) is 42.8 Å². The van der Waals surface area contributed by atoms with Crippen LogP contribution < -0.4 is 17.0 Å². The summed E-state index contributed by atoms with van der Waals surface area (Å²) in [6.45, 7) is 4.46. The van der Waals surface area contributed by atoms with E-state index in [0.717, 1.165) is 0 Å². The number of hydrazine groups is 1. The van der Waals surface area contributed by atoms with Crippen molar-refractivity contribution in [2.24, 2.45) is 11.6 Å². The molecule has 6 heteroatoms. The maximum atomic E-state index is 5.50. The second-order valence-corrected chi connectivity index (χ2v) is 2.37. The molecule has 0 aromatic rings. The van der Waals surface area contributed by atoms with Crippen molar-refractivity contribution in [3.63, 3.8) is 0 Å². The molecule has 0 saturated heterocycles. The Balaban J connectivity index is -0.0000000600. The molecule has 3 nitrogen and oxygen atoms in total. The highest BCUT2D eigenvalue weighted by atomic mass is 35.5. The van der Waals surface area contributed by atoms with Gasteiger partial charge in [0.1, 0.15) is 0 Å². The molecule has 0 atom stereocenters. The number of hydrogen-bond donors (Lipinski definition) is 3. The molecule has 68 valence electrons. The molecule has 0 fully saturated rings. The molecule has 0 bridgehead atoms. The monoisotopic (exact) mass is 211 g/mol. The second kappa shape index (κ2) is 9.75. The molecular weight excluding hydrogens is 196 g/mol. The average Bonchev–Trinajstić information content (AvgIpc) is 1.30. The van der Waals surface area contributed by atoms with E-state index in [1.54, 1.807) is 0 Å². The third-order valence-corrected chi connectivity index (χ3v) is 0.558. The van der Waals surface area contributed by atoms with Crippen LogP contribution in [-0.4, -0.2) is 12.1 Å². The second-order valence-electron chi connectivity index (χ2n) is 2.37. The molecule has 0 unspecified atom stereocenters. The Morgan fingerprint density at radius 3 is 1.50 bits per heavy atom. The van der Waals surface area contributed by atoms with Crippen LogP contribution in [0.4, 0.5) is 0 Å². The average molecular weight is 213 g/mol. The minimum Gasteiger partial charge on any atom is -0.324 e. The third kappa shape index (κ3) is 23.3. The molecule has 0 heterocycles. The van der Waals surface area contributed by atoms with Crippen LogP contribution in [-0.2, 0) is 0 Å². The van der Waals surface area contributed by atoms with Crippen LogP contribution in [0.5, 0.6) is 0 Å². The number of hydrogen-bond acceptors (Lipinski definition) is 3. The zero-order valence-electron chi connectivity index (χ0n) is 6.09. The van der Waals surface area contributed by atoms with Gasteiger partial charge in [0.2, 0.25) is 0 Å². The van der Waals surface area contributed by atoms with Crippen molar-refractivity contribution >= 4 is 37.2 Å². The molecule has 0 spiro atoms. The first-order valence-corrected chi connectivity index (χ1v) is 2.28. The van der Waals surface area contributed by atoms with Crippen molar-refractivity contribution < 1.29 is 0 Å². The molecule has 0 aromatic carbocycles. The van der Waals surface area contributed by atoms with Crippen molar-refractivity contribution in [3.05, 3.63) is 0 Å². The molecule has 0 saturated carbocycles. The van der Waals surface area contributed by atoms with Gasteiger partial charge in [-0.3, -0.25) is 11.3 Å². The maximum Gasteiger partial charge on any atom is 0.0273 e. The minimum absolute atomic E-state index is 0. The maximum absolute atomic E-state index is 5.50. The Bertz CT molecular complexity index is 54.2. The van der Waals surface area contributed by atoms with Gasteiger partial charge in [0, 0.05) is 12.1 Å². The summed E-state index contributed by atoms with van der Waals surface area (Å²) in [4.78, 5) is 0. The first-order valence-electron chi connectivity index (χ1n) is 2.28. The largest absolute Gasteiger partial charge is 0.324 e. The highest BCUT2D eigenvalue weighted by Crippen LogP contribution is 1.89. The van der Waals surface area contributed by atoms with E-state index in [0.29, 0.717) is 6.54 Å². The number of nitrogens with one attached hydrogen (secondary N) is 1. The Morgan fingerprint density at radius 2 is 1.50 bits per heavy atom. The van der Waals surface area contributed by atoms with E-state index in [1.165, 1.54) is 0 Å². The molecule has 0 radical (unpaired) electrons. The van der Waals surface area contributed by atoms with E-state index in [4.69, 9.17) is 11.6 Å². The number of rotatable bonds is 2. The Hall–Kier alpha value is 0.750. The fourth-order valence-corrected chi connectivity index (χ4v) is 0.263. The molecule has 0 aliphatic carbocycles. The highest BCUT2D eigenvalue weighted by molar-refractivity contribution is 5.86. The predicted octanol–water partition coefficient (Wildman–Crippen LogP) is 0.452. The summed E-state index contributed by atoms with van der Waals surface area (Å²) < 4.78 is 0. The summed E-state index contributed by atoms with van der Waals surface area (Å²) in [7, 11) is 0. The standard InChI is InChI=1S/C4H13N3.3ClH/c1-4(2,5)3-7-6;;;/h7H,3,5-6H2,1-2H3;3*1H. The molecule has 0 aliphatic rings. The molecule has 10 heavy (non-hydrogen) atoms. The predicted molar refractivity (Wildman–Crippen MR) is 52.2 cm³/mol. The van der Waals surface area contributed by atoms with Crippen LogP contribution in [0.1, 0.15) is 13.8 Å². The Morgan fingerprint density at radius 1 is 1.20 bits per heavy atom. The zero-order valence-corrected chi connectivity index (χ0v) is 8.54. The molecular formula is C4H16Cl3N3. The highest BCUT2D eigenvalue weighted by Gasteiger charge is 2.06. The van der Waals surface area contributed by atoms with E-state index >= 15 is 0 Å². The van der Waals surface area contributed by atoms with Crippen LogP contribution >= 0.6 is 37.2 Å². The van der Waals surface area contributed by atoms with Crippen molar-refractivity contribution in [3.8, 4) is 0 Å². The number of halogens is 3. The van der Waals surface area contributed by atoms with E-state index < -0.39 is 0 Å². The molecule has 0 amide bonds. The van der Waals surface area contributed by atoms with Gasteiger partial charge in [-0.1, -0.05) is 0 Å². The Labute approximate surface area is 80.5 Å². The van der Waals surface area contributed by atoms with Gasteiger partial charge in [-0.15, -0.1) is 37.2 Å². The topological polar surface area (TPSA) is 64.1 Å². The fourth-order valence-electron chi connectivity index (χ4n) is 0.263. The van der Waals surface area contributed by atoms with Gasteiger partial charge in [-0.25, -0.2) is 0 Å². The van der Waals surface area contributed by atoms with Crippen molar-refractivity contribution in [2.75, 3.05) is 6.54 Å². The summed E-state index contributed by atoms with van der Waals surface area (Å²) in [5.74, 6) is 4.98. The minimum atomic E-state index is -0.186. The zero-order chi connectivity index (χ0) is 5.91. The van der Waals surface area contributed by atoms with Crippen LogP contribution in [0.15, 0.2) is 0 Å². The van der Waals surface area contributed by atoms with Gasteiger partial charge in [0.25, 0.3) is 0 Å². The summed E-state index contributed by atoms with van der Waals surface area (Å²) in [5.41, 5.74) is 7.80. The van der Waals surface area contributed by atoms with Gasteiger partial charge in [-0.2, -0.15) is 0 Å². The lowest BCUT2D eigenvalue weighted by Crippen LogP contribution is -2.45. The van der Waals surface area contributed by atoms with Gasteiger partial charge in [-0.05, 0) is 13.8 Å². The van der Waals surface area contributed by atoms with Crippen LogP contribution in [0, 0.1) is 0 Å². The smallest absolute Gasteiger partial charge is 0.0273 e. The van der Waals surface area contributed by atoms with Crippen molar-refractivity contribution in [1.29, 1.82) is 0 Å².